The molecule has 7 nitrogen and oxygen atoms in total. The second-order valence-electron chi connectivity index (χ2n) is 8.23. The summed E-state index contributed by atoms with van der Waals surface area (Å²) in [5.41, 5.74) is 8.36. The molecule has 1 aliphatic rings. The van der Waals surface area contributed by atoms with Crippen LogP contribution in [-0.4, -0.2) is 32.1 Å². The van der Waals surface area contributed by atoms with Crippen LogP contribution in [0.1, 0.15) is 25.8 Å². The van der Waals surface area contributed by atoms with Gasteiger partial charge in [-0.3, -0.25) is 9.13 Å². The maximum atomic E-state index is 13.8. The molecule has 0 aliphatic carbocycles. The molecule has 0 saturated carbocycles. The lowest BCUT2D eigenvalue weighted by molar-refractivity contribution is 0.235. The molecule has 168 valence electrons. The van der Waals surface area contributed by atoms with Crippen molar-refractivity contribution >= 4 is 16.9 Å². The van der Waals surface area contributed by atoms with Gasteiger partial charge in [-0.05, 0) is 68.4 Å². The Balaban J connectivity index is 1.56. The normalized spacial score (nSPS) is 16.5. The van der Waals surface area contributed by atoms with Crippen LogP contribution in [0.25, 0.3) is 16.7 Å². The first-order chi connectivity index (χ1) is 16.2. The standard InChI is InChI=1S/C26H27N5O2/c1-2-16-29-17-6-7-20(18-29)30-23-14-15-28-25(27)24(23)31(26(30)32)19-10-12-22(13-11-19)33-21-8-4-3-5-9-21/h2-5,8-16,20H,6-7,17-18H2,1H3,(H2,27,28). The SMILES string of the molecule is CC=CN1CCCC(n2c(=O)n(-c3ccc(Oc4ccccc4)cc3)c3c(N)nccc32)C1. The lowest BCUT2D eigenvalue weighted by atomic mass is 10.1. The monoisotopic (exact) mass is 441 g/mol. The van der Waals surface area contributed by atoms with Crippen molar-refractivity contribution in [2.75, 3.05) is 18.8 Å². The number of para-hydroxylation sites is 1. The number of imidazole rings is 1. The molecular weight excluding hydrogens is 414 g/mol. The molecular formula is C26H27N5O2. The lowest BCUT2D eigenvalue weighted by Crippen LogP contribution is -2.37. The zero-order valence-corrected chi connectivity index (χ0v) is 18.6. The summed E-state index contributed by atoms with van der Waals surface area (Å²) >= 11 is 0. The summed E-state index contributed by atoms with van der Waals surface area (Å²) < 4.78 is 9.46. The van der Waals surface area contributed by atoms with Gasteiger partial charge in [0.1, 0.15) is 22.8 Å². The Morgan fingerprint density at radius 1 is 1.06 bits per heavy atom. The van der Waals surface area contributed by atoms with E-state index in [0.29, 0.717) is 17.1 Å². The van der Waals surface area contributed by atoms with Crippen LogP contribution in [0.5, 0.6) is 11.5 Å². The molecule has 0 spiro atoms. The highest BCUT2D eigenvalue weighted by molar-refractivity contribution is 5.87. The molecule has 1 atom stereocenters. The summed E-state index contributed by atoms with van der Waals surface area (Å²) in [5.74, 6) is 1.80. The Morgan fingerprint density at radius 3 is 2.58 bits per heavy atom. The van der Waals surface area contributed by atoms with Gasteiger partial charge in [-0.15, -0.1) is 0 Å². The van der Waals surface area contributed by atoms with Crippen LogP contribution in [0.2, 0.25) is 0 Å². The minimum Gasteiger partial charge on any atom is -0.457 e. The van der Waals surface area contributed by atoms with E-state index in [9.17, 15) is 4.79 Å². The molecule has 0 amide bonds. The first-order valence-electron chi connectivity index (χ1n) is 11.2. The quantitative estimate of drug-likeness (QED) is 0.484. The maximum absolute atomic E-state index is 13.8. The maximum Gasteiger partial charge on any atom is 0.334 e. The van der Waals surface area contributed by atoms with Gasteiger partial charge >= 0.3 is 5.69 Å². The van der Waals surface area contributed by atoms with E-state index in [4.69, 9.17) is 10.5 Å². The predicted molar refractivity (Wildman–Crippen MR) is 131 cm³/mol. The Morgan fingerprint density at radius 2 is 1.82 bits per heavy atom. The minimum absolute atomic E-state index is 0.0636. The lowest BCUT2D eigenvalue weighted by Gasteiger charge is -2.32. The average Bonchev–Trinajstić information content (AvgIpc) is 3.14. The van der Waals surface area contributed by atoms with E-state index >= 15 is 0 Å². The Kier molecular flexibility index (Phi) is 5.60. The molecule has 1 unspecified atom stereocenters. The van der Waals surface area contributed by atoms with Crippen LogP contribution in [0.15, 0.2) is 83.9 Å². The van der Waals surface area contributed by atoms with Crippen molar-refractivity contribution in [2.24, 2.45) is 0 Å². The fraction of sp³-hybridized carbons (Fsp3) is 0.231. The van der Waals surface area contributed by atoms with Crippen molar-refractivity contribution in [3.05, 3.63) is 89.6 Å². The molecule has 0 radical (unpaired) electrons. The Bertz CT molecular complexity index is 1340. The summed E-state index contributed by atoms with van der Waals surface area (Å²) in [6.45, 7) is 3.80. The zero-order valence-electron chi connectivity index (χ0n) is 18.6. The van der Waals surface area contributed by atoms with Gasteiger partial charge in [-0.1, -0.05) is 24.3 Å². The van der Waals surface area contributed by atoms with Gasteiger partial charge in [0.05, 0.1) is 17.2 Å². The second kappa shape index (κ2) is 8.86. The molecule has 4 aromatic rings. The van der Waals surface area contributed by atoms with Crippen LogP contribution >= 0.6 is 0 Å². The van der Waals surface area contributed by atoms with E-state index in [2.05, 4.69) is 16.1 Å². The van der Waals surface area contributed by atoms with Crippen LogP contribution in [0, 0.1) is 0 Å². The smallest absolute Gasteiger partial charge is 0.334 e. The number of hydrogen-bond acceptors (Lipinski definition) is 5. The topological polar surface area (TPSA) is 78.3 Å². The Labute approximate surface area is 192 Å². The van der Waals surface area contributed by atoms with Crippen molar-refractivity contribution in [2.45, 2.75) is 25.8 Å². The number of hydrogen-bond donors (Lipinski definition) is 1. The predicted octanol–water partition coefficient (Wildman–Crippen LogP) is 4.73. The average molecular weight is 442 g/mol. The van der Waals surface area contributed by atoms with E-state index < -0.39 is 0 Å². The number of pyridine rings is 1. The van der Waals surface area contributed by atoms with E-state index in [1.54, 1.807) is 10.8 Å². The highest BCUT2D eigenvalue weighted by atomic mass is 16.5. The number of likely N-dealkylation sites (tertiary alicyclic amines) is 1. The number of piperidine rings is 1. The van der Waals surface area contributed by atoms with Crippen molar-refractivity contribution < 1.29 is 4.74 Å². The molecule has 3 heterocycles. The summed E-state index contributed by atoms with van der Waals surface area (Å²) in [6, 6.07) is 19.0. The van der Waals surface area contributed by atoms with Gasteiger partial charge in [0.15, 0.2) is 0 Å². The summed E-state index contributed by atoms with van der Waals surface area (Å²) in [5, 5.41) is 0. The number of ether oxygens (including phenoxy) is 1. The molecule has 2 N–H and O–H groups in total. The van der Waals surface area contributed by atoms with E-state index in [1.165, 1.54) is 0 Å². The third-order valence-corrected chi connectivity index (χ3v) is 6.04. The largest absolute Gasteiger partial charge is 0.457 e. The molecule has 7 heteroatoms. The molecule has 33 heavy (non-hydrogen) atoms. The highest BCUT2D eigenvalue weighted by Gasteiger charge is 2.26. The minimum atomic E-state index is -0.103. The first kappa shape index (κ1) is 20.9. The molecule has 2 aromatic carbocycles. The van der Waals surface area contributed by atoms with Crippen molar-refractivity contribution in [3.8, 4) is 17.2 Å². The fourth-order valence-corrected chi connectivity index (χ4v) is 4.61. The molecule has 5 rings (SSSR count). The number of benzene rings is 2. The highest BCUT2D eigenvalue weighted by Crippen LogP contribution is 2.29. The number of fused-ring (bicyclic) bond motifs is 1. The number of rotatable bonds is 5. The van der Waals surface area contributed by atoms with E-state index in [1.807, 2.05) is 78.2 Å². The van der Waals surface area contributed by atoms with Gasteiger partial charge in [0, 0.05) is 19.3 Å². The summed E-state index contributed by atoms with van der Waals surface area (Å²) in [4.78, 5) is 20.3. The molecule has 1 saturated heterocycles. The van der Waals surface area contributed by atoms with Crippen molar-refractivity contribution in [3.63, 3.8) is 0 Å². The molecule has 1 aliphatic heterocycles. The second-order valence-corrected chi connectivity index (χ2v) is 8.23. The fourth-order valence-electron chi connectivity index (χ4n) is 4.61. The van der Waals surface area contributed by atoms with Gasteiger partial charge < -0.3 is 15.4 Å². The van der Waals surface area contributed by atoms with E-state index in [-0.39, 0.29) is 11.7 Å². The zero-order chi connectivity index (χ0) is 22.8. The molecule has 2 aromatic heterocycles. The first-order valence-corrected chi connectivity index (χ1v) is 11.2. The number of nitrogens with zero attached hydrogens (tertiary/aromatic N) is 4. The van der Waals surface area contributed by atoms with Gasteiger partial charge in [0.25, 0.3) is 0 Å². The van der Waals surface area contributed by atoms with Crippen LogP contribution in [0.3, 0.4) is 0 Å². The summed E-state index contributed by atoms with van der Waals surface area (Å²) in [7, 11) is 0. The third-order valence-electron chi connectivity index (χ3n) is 6.04. The number of nitrogens with two attached hydrogens (primary N) is 1. The van der Waals surface area contributed by atoms with Crippen LogP contribution in [-0.2, 0) is 0 Å². The third kappa shape index (κ3) is 3.98. The van der Waals surface area contributed by atoms with Gasteiger partial charge in [0.2, 0.25) is 0 Å². The summed E-state index contributed by atoms with van der Waals surface area (Å²) in [6.07, 6.45) is 7.77. The molecule has 0 bridgehead atoms. The Hall–Kier alpha value is -4.00. The number of nitrogen functional groups attached to an aromatic ring is 1. The van der Waals surface area contributed by atoms with Crippen LogP contribution in [0.4, 0.5) is 5.82 Å². The number of allylic oxidation sites excluding steroid dienone is 1. The number of aromatic nitrogens is 3. The van der Waals surface area contributed by atoms with E-state index in [0.717, 1.165) is 42.9 Å². The van der Waals surface area contributed by atoms with Crippen molar-refractivity contribution in [1.29, 1.82) is 0 Å². The van der Waals surface area contributed by atoms with Crippen molar-refractivity contribution in [1.82, 2.24) is 19.0 Å². The van der Waals surface area contributed by atoms with Gasteiger partial charge in [-0.25, -0.2) is 9.78 Å². The number of anilines is 1. The molecule has 1 fully saturated rings. The van der Waals surface area contributed by atoms with Gasteiger partial charge in [-0.2, -0.15) is 0 Å². The van der Waals surface area contributed by atoms with Crippen LogP contribution < -0.4 is 16.2 Å².